The van der Waals surface area contributed by atoms with Crippen LogP contribution in [0.25, 0.3) is 5.69 Å². The highest BCUT2D eigenvalue weighted by Gasteiger charge is 2.17. The lowest BCUT2D eigenvalue weighted by molar-refractivity contribution is 0.434. The van der Waals surface area contributed by atoms with Crippen LogP contribution >= 0.6 is 11.3 Å². The molecule has 0 saturated carbocycles. The second-order valence-corrected chi connectivity index (χ2v) is 7.52. The molecule has 2 heterocycles. The lowest BCUT2D eigenvalue weighted by atomic mass is 10.3. The van der Waals surface area contributed by atoms with Gasteiger partial charge in [0.15, 0.2) is 5.69 Å². The van der Waals surface area contributed by atoms with Crippen molar-refractivity contribution in [2.75, 3.05) is 0 Å². The van der Waals surface area contributed by atoms with Gasteiger partial charge in [-0.3, -0.25) is 4.55 Å². The van der Waals surface area contributed by atoms with Crippen molar-refractivity contribution >= 4 is 32.3 Å². The van der Waals surface area contributed by atoms with Crippen LogP contribution in [0.5, 0.6) is 5.88 Å². The summed E-state index contributed by atoms with van der Waals surface area (Å²) in [7, 11) is -4.29. The number of benzene rings is 1. The van der Waals surface area contributed by atoms with Crippen LogP contribution in [-0.4, -0.2) is 38.1 Å². The number of nitrogens with zero attached hydrogens (tertiary/aromatic N) is 6. The summed E-state index contributed by atoms with van der Waals surface area (Å²) in [5, 5.41) is 31.1. The molecule has 12 heteroatoms. The van der Waals surface area contributed by atoms with Gasteiger partial charge in [0, 0.05) is 0 Å². The standard InChI is InChI=1S/C13H12N6O4S2/c1-7-11(15-17-13-16-14-8(2)24-13)12(20)19(18-7)9-3-5-10(6-4-9)25(21,22)23/h3-6,20H,1-2H3,(H,21,22,23). The van der Waals surface area contributed by atoms with Gasteiger partial charge in [0.05, 0.1) is 16.3 Å². The largest absolute Gasteiger partial charge is 0.492 e. The molecule has 3 aromatic rings. The van der Waals surface area contributed by atoms with Gasteiger partial charge in [-0.1, -0.05) is 11.3 Å². The van der Waals surface area contributed by atoms with Gasteiger partial charge in [0.1, 0.15) is 5.01 Å². The highest BCUT2D eigenvalue weighted by Crippen LogP contribution is 2.34. The van der Waals surface area contributed by atoms with Crippen LogP contribution in [0.4, 0.5) is 10.8 Å². The summed E-state index contributed by atoms with van der Waals surface area (Å²) < 4.78 is 32.3. The number of rotatable bonds is 4. The summed E-state index contributed by atoms with van der Waals surface area (Å²) in [6.45, 7) is 3.43. The number of hydrogen-bond acceptors (Lipinski definition) is 9. The Labute approximate surface area is 146 Å². The van der Waals surface area contributed by atoms with Crippen molar-refractivity contribution in [2.24, 2.45) is 10.2 Å². The Balaban J connectivity index is 1.95. The summed E-state index contributed by atoms with van der Waals surface area (Å²) in [6.07, 6.45) is 0. The zero-order valence-corrected chi connectivity index (χ0v) is 14.7. The Bertz CT molecular complexity index is 1050. The summed E-state index contributed by atoms with van der Waals surface area (Å²) in [4.78, 5) is -0.258. The second kappa shape index (κ2) is 6.31. The van der Waals surface area contributed by atoms with Crippen molar-refractivity contribution in [3.8, 4) is 11.6 Å². The number of aromatic hydroxyl groups is 1. The van der Waals surface area contributed by atoms with E-state index in [1.165, 1.54) is 40.3 Å². The third-order valence-electron chi connectivity index (χ3n) is 3.14. The first-order chi connectivity index (χ1) is 11.8. The van der Waals surface area contributed by atoms with Gasteiger partial charge >= 0.3 is 0 Å². The Kier molecular flexibility index (Phi) is 4.32. The molecule has 130 valence electrons. The lowest BCUT2D eigenvalue weighted by Crippen LogP contribution is -2.00. The van der Waals surface area contributed by atoms with E-state index in [4.69, 9.17) is 4.55 Å². The molecular formula is C13H12N6O4S2. The van der Waals surface area contributed by atoms with E-state index in [1.54, 1.807) is 13.8 Å². The monoisotopic (exact) mass is 380 g/mol. The molecule has 1 aromatic carbocycles. The van der Waals surface area contributed by atoms with E-state index in [9.17, 15) is 13.5 Å². The number of hydrogen-bond donors (Lipinski definition) is 2. The summed E-state index contributed by atoms with van der Waals surface area (Å²) >= 11 is 1.25. The van der Waals surface area contributed by atoms with E-state index in [0.717, 1.165) is 5.01 Å². The minimum absolute atomic E-state index is 0.159. The van der Waals surface area contributed by atoms with Gasteiger partial charge < -0.3 is 5.11 Å². The van der Waals surface area contributed by atoms with Gasteiger partial charge in [0.25, 0.3) is 15.2 Å². The maximum Gasteiger partial charge on any atom is 0.294 e. The molecule has 0 unspecified atom stereocenters. The Hall–Kier alpha value is -2.70. The molecule has 25 heavy (non-hydrogen) atoms. The van der Waals surface area contributed by atoms with E-state index < -0.39 is 10.1 Å². The van der Waals surface area contributed by atoms with Crippen molar-refractivity contribution < 1.29 is 18.1 Å². The minimum Gasteiger partial charge on any atom is -0.492 e. The summed E-state index contributed by atoms with van der Waals surface area (Å²) in [5.41, 5.74) is 0.967. The average Bonchev–Trinajstić information content (AvgIpc) is 3.08. The molecule has 10 nitrogen and oxygen atoms in total. The number of aryl methyl sites for hydroxylation is 2. The number of aromatic nitrogens is 4. The van der Waals surface area contributed by atoms with Gasteiger partial charge in [-0.05, 0) is 38.1 Å². The maximum atomic E-state index is 11.1. The molecule has 0 saturated heterocycles. The van der Waals surface area contributed by atoms with E-state index in [2.05, 4.69) is 25.5 Å². The van der Waals surface area contributed by atoms with Crippen LogP contribution in [0, 0.1) is 13.8 Å². The third-order valence-corrected chi connectivity index (χ3v) is 4.73. The maximum absolute atomic E-state index is 11.1. The van der Waals surface area contributed by atoms with Crippen LogP contribution < -0.4 is 0 Å². The summed E-state index contributed by atoms with van der Waals surface area (Å²) in [6, 6.07) is 5.19. The molecule has 0 aliphatic rings. The SMILES string of the molecule is Cc1nnc(N=Nc2c(C)nn(-c3ccc(S(=O)(=O)O)cc3)c2O)s1. The van der Waals surface area contributed by atoms with Crippen molar-refractivity contribution in [3.63, 3.8) is 0 Å². The van der Waals surface area contributed by atoms with Crippen LogP contribution in [0.15, 0.2) is 39.4 Å². The van der Waals surface area contributed by atoms with E-state index >= 15 is 0 Å². The molecule has 0 radical (unpaired) electrons. The Morgan fingerprint density at radius 1 is 1.12 bits per heavy atom. The molecule has 2 aromatic heterocycles. The van der Waals surface area contributed by atoms with Gasteiger partial charge in [0.2, 0.25) is 5.88 Å². The third kappa shape index (κ3) is 3.55. The zero-order chi connectivity index (χ0) is 18.2. The topological polar surface area (TPSA) is 143 Å². The highest BCUT2D eigenvalue weighted by molar-refractivity contribution is 7.85. The molecule has 0 atom stereocenters. The van der Waals surface area contributed by atoms with Crippen molar-refractivity contribution in [1.29, 1.82) is 0 Å². The van der Waals surface area contributed by atoms with E-state index in [-0.39, 0.29) is 16.5 Å². The molecule has 0 fully saturated rings. The lowest BCUT2D eigenvalue weighted by Gasteiger charge is -2.03. The smallest absolute Gasteiger partial charge is 0.294 e. The highest BCUT2D eigenvalue weighted by atomic mass is 32.2. The molecule has 0 bridgehead atoms. The fraction of sp³-hybridized carbons (Fsp3) is 0.154. The fourth-order valence-electron chi connectivity index (χ4n) is 1.98. The average molecular weight is 380 g/mol. The molecule has 0 spiro atoms. The minimum atomic E-state index is -4.29. The van der Waals surface area contributed by atoms with Crippen molar-refractivity contribution in [2.45, 2.75) is 18.7 Å². The van der Waals surface area contributed by atoms with Gasteiger partial charge in [-0.15, -0.1) is 20.4 Å². The van der Waals surface area contributed by atoms with E-state index in [1.807, 2.05) is 0 Å². The predicted octanol–water partition coefficient (Wildman–Crippen LogP) is 2.71. The van der Waals surface area contributed by atoms with E-state index in [0.29, 0.717) is 16.5 Å². The molecule has 3 rings (SSSR count). The molecule has 0 amide bonds. The van der Waals surface area contributed by atoms with Crippen LogP contribution in [0.3, 0.4) is 0 Å². The first-order valence-electron chi connectivity index (χ1n) is 6.84. The van der Waals surface area contributed by atoms with Crippen LogP contribution in [0.2, 0.25) is 0 Å². The van der Waals surface area contributed by atoms with Gasteiger partial charge in [-0.25, -0.2) is 0 Å². The molecule has 0 aliphatic heterocycles. The Morgan fingerprint density at radius 2 is 1.80 bits per heavy atom. The first-order valence-corrected chi connectivity index (χ1v) is 9.10. The molecule has 0 aliphatic carbocycles. The predicted molar refractivity (Wildman–Crippen MR) is 88.6 cm³/mol. The zero-order valence-electron chi connectivity index (χ0n) is 13.0. The first kappa shape index (κ1) is 17.1. The van der Waals surface area contributed by atoms with Crippen LogP contribution in [-0.2, 0) is 10.1 Å². The van der Waals surface area contributed by atoms with Crippen molar-refractivity contribution in [1.82, 2.24) is 20.0 Å². The summed E-state index contributed by atoms with van der Waals surface area (Å²) in [5.74, 6) is -0.262. The Morgan fingerprint density at radius 3 is 2.36 bits per heavy atom. The molecular weight excluding hydrogens is 368 g/mol. The fourth-order valence-corrected chi connectivity index (χ4v) is 2.97. The van der Waals surface area contributed by atoms with Crippen molar-refractivity contribution in [3.05, 3.63) is 35.0 Å². The quantitative estimate of drug-likeness (QED) is 0.523. The second-order valence-electron chi connectivity index (χ2n) is 4.94. The normalized spacial score (nSPS) is 12.1. The van der Waals surface area contributed by atoms with Crippen LogP contribution in [0.1, 0.15) is 10.7 Å². The van der Waals surface area contributed by atoms with Gasteiger partial charge in [-0.2, -0.15) is 18.2 Å². The number of azo groups is 1. The molecule has 2 N–H and O–H groups in total.